The number of ether oxygens (including phenoxy) is 3. The van der Waals surface area contributed by atoms with Gasteiger partial charge >= 0.3 is 12.1 Å². The summed E-state index contributed by atoms with van der Waals surface area (Å²) in [5.74, 6) is 1.36. The number of methoxy groups -OCH3 is 1. The summed E-state index contributed by atoms with van der Waals surface area (Å²) >= 11 is 1.68. The lowest BCUT2D eigenvalue weighted by atomic mass is 10.1. The van der Waals surface area contributed by atoms with Crippen LogP contribution in [0.2, 0.25) is 0 Å². The maximum absolute atomic E-state index is 12.7. The van der Waals surface area contributed by atoms with Gasteiger partial charge in [-0.2, -0.15) is 13.2 Å². The van der Waals surface area contributed by atoms with Crippen molar-refractivity contribution in [1.29, 1.82) is 0 Å². The number of hydrogen-bond donors (Lipinski definition) is 1. The van der Waals surface area contributed by atoms with Crippen molar-refractivity contribution in [3.8, 4) is 17.2 Å². The van der Waals surface area contributed by atoms with Gasteiger partial charge in [-0.1, -0.05) is 24.3 Å². The van der Waals surface area contributed by atoms with Gasteiger partial charge in [0.1, 0.15) is 12.4 Å². The number of thioether (sulfide) groups is 1. The Kier molecular flexibility index (Phi) is 7.98. The molecule has 0 bridgehead atoms. The Hall–Kier alpha value is -3.33. The molecule has 9 heteroatoms. The van der Waals surface area contributed by atoms with Crippen LogP contribution in [0.5, 0.6) is 17.2 Å². The van der Waals surface area contributed by atoms with E-state index >= 15 is 0 Å². The molecule has 5 nitrogen and oxygen atoms in total. The first-order valence-electron chi connectivity index (χ1n) is 11.3. The van der Waals surface area contributed by atoms with E-state index in [0.29, 0.717) is 28.6 Å². The first-order valence-corrected chi connectivity index (χ1v) is 12.3. The molecule has 3 aromatic carbocycles. The van der Waals surface area contributed by atoms with Crippen LogP contribution in [0.15, 0.2) is 59.5 Å². The van der Waals surface area contributed by atoms with Gasteiger partial charge in [-0.15, -0.1) is 11.8 Å². The maximum Gasteiger partial charge on any atom is 0.416 e. The number of carbonyl (C=O) groups is 1. The number of rotatable bonds is 10. The molecular formula is C27H25F3O5S. The fraction of sp³-hybridized carbons (Fsp3) is 0.296. The summed E-state index contributed by atoms with van der Waals surface area (Å²) < 4.78 is 54.8. The second-order valence-corrected chi connectivity index (χ2v) is 9.33. The van der Waals surface area contributed by atoms with Crippen molar-refractivity contribution in [3.05, 3.63) is 82.4 Å². The summed E-state index contributed by atoms with van der Waals surface area (Å²) in [6.07, 6.45) is -1.65. The number of fused-ring (bicyclic) bond motifs is 1. The summed E-state index contributed by atoms with van der Waals surface area (Å²) in [7, 11) is 1.54. The van der Waals surface area contributed by atoms with Gasteiger partial charge in [0, 0.05) is 16.2 Å². The summed E-state index contributed by atoms with van der Waals surface area (Å²) in [4.78, 5) is 12.1. The highest BCUT2D eigenvalue weighted by molar-refractivity contribution is 7.98. The standard InChI is InChI=1S/C27H25F3O5S/c1-33-23-13-24(21-3-2-4-22(21)26(23)35-15-25(31)32)36-16-18-7-11-20(12-8-18)34-14-17-5-9-19(10-6-17)27(28,29)30/h5-13H,2-4,14-16H2,1H3,(H,31,32). The topological polar surface area (TPSA) is 65.0 Å². The van der Waals surface area contributed by atoms with Gasteiger partial charge in [0.05, 0.1) is 12.7 Å². The van der Waals surface area contributed by atoms with E-state index in [-0.39, 0.29) is 6.61 Å². The van der Waals surface area contributed by atoms with Gasteiger partial charge in [0.15, 0.2) is 18.1 Å². The molecule has 0 saturated heterocycles. The van der Waals surface area contributed by atoms with Crippen LogP contribution in [-0.4, -0.2) is 24.8 Å². The zero-order chi connectivity index (χ0) is 25.7. The summed E-state index contributed by atoms with van der Waals surface area (Å²) in [6, 6.07) is 14.4. The summed E-state index contributed by atoms with van der Waals surface area (Å²) in [6.45, 7) is -0.239. The molecule has 0 unspecified atom stereocenters. The van der Waals surface area contributed by atoms with Crippen molar-refractivity contribution in [2.24, 2.45) is 0 Å². The molecule has 0 aliphatic heterocycles. The Morgan fingerprint density at radius 3 is 2.28 bits per heavy atom. The highest BCUT2D eigenvalue weighted by atomic mass is 32.2. The minimum absolute atomic E-state index is 0.175. The van der Waals surface area contributed by atoms with E-state index in [9.17, 15) is 18.0 Å². The van der Waals surface area contributed by atoms with Crippen LogP contribution in [0.25, 0.3) is 0 Å². The molecule has 0 atom stereocenters. The lowest BCUT2D eigenvalue weighted by Gasteiger charge is -2.17. The van der Waals surface area contributed by atoms with Gasteiger partial charge in [0.2, 0.25) is 0 Å². The van der Waals surface area contributed by atoms with E-state index in [1.54, 1.807) is 18.9 Å². The van der Waals surface area contributed by atoms with Crippen LogP contribution >= 0.6 is 11.8 Å². The third-order valence-electron chi connectivity index (χ3n) is 5.84. The number of halogens is 3. The quantitative estimate of drug-likeness (QED) is 0.308. The average Bonchev–Trinajstić information content (AvgIpc) is 3.35. The highest BCUT2D eigenvalue weighted by Crippen LogP contribution is 2.44. The van der Waals surface area contributed by atoms with Crippen LogP contribution in [0, 0.1) is 0 Å². The molecule has 0 radical (unpaired) electrons. The maximum atomic E-state index is 12.7. The molecule has 0 saturated carbocycles. The predicted octanol–water partition coefficient (Wildman–Crippen LogP) is 6.54. The highest BCUT2D eigenvalue weighted by Gasteiger charge is 2.30. The van der Waals surface area contributed by atoms with E-state index in [1.165, 1.54) is 17.7 Å². The van der Waals surface area contributed by atoms with Crippen molar-refractivity contribution in [2.75, 3.05) is 13.7 Å². The Balaban J connectivity index is 1.37. The monoisotopic (exact) mass is 518 g/mol. The van der Waals surface area contributed by atoms with Crippen LogP contribution in [0.1, 0.15) is 34.2 Å². The Morgan fingerprint density at radius 2 is 1.64 bits per heavy atom. The van der Waals surface area contributed by atoms with Gasteiger partial charge in [-0.25, -0.2) is 4.79 Å². The van der Waals surface area contributed by atoms with Crippen LogP contribution in [0.3, 0.4) is 0 Å². The molecule has 0 aromatic heterocycles. The first kappa shape index (κ1) is 25.8. The number of alkyl halides is 3. The van der Waals surface area contributed by atoms with Crippen LogP contribution in [0.4, 0.5) is 13.2 Å². The van der Waals surface area contributed by atoms with Crippen molar-refractivity contribution in [2.45, 2.75) is 42.7 Å². The molecule has 0 spiro atoms. The average molecular weight is 519 g/mol. The summed E-state index contributed by atoms with van der Waals surface area (Å²) in [5, 5.41) is 8.98. The third kappa shape index (κ3) is 6.26. The Labute approximate surface area is 211 Å². The van der Waals surface area contributed by atoms with Crippen LogP contribution in [-0.2, 0) is 36.2 Å². The van der Waals surface area contributed by atoms with Crippen LogP contribution < -0.4 is 14.2 Å². The van der Waals surface area contributed by atoms with E-state index in [1.807, 2.05) is 30.3 Å². The van der Waals surface area contributed by atoms with Crippen molar-refractivity contribution >= 4 is 17.7 Å². The molecule has 0 amide bonds. The van der Waals surface area contributed by atoms with E-state index in [2.05, 4.69) is 0 Å². The zero-order valence-corrected chi connectivity index (χ0v) is 20.4. The molecule has 0 fully saturated rings. The number of benzene rings is 3. The zero-order valence-electron chi connectivity index (χ0n) is 19.6. The van der Waals surface area contributed by atoms with Crippen molar-refractivity contribution in [1.82, 2.24) is 0 Å². The fourth-order valence-electron chi connectivity index (χ4n) is 4.06. The van der Waals surface area contributed by atoms with E-state index in [4.69, 9.17) is 19.3 Å². The molecule has 1 aliphatic carbocycles. The van der Waals surface area contributed by atoms with Gasteiger partial charge in [0.25, 0.3) is 0 Å². The van der Waals surface area contributed by atoms with Gasteiger partial charge in [-0.05, 0) is 66.3 Å². The number of carboxylic acids is 1. The Morgan fingerprint density at radius 1 is 0.972 bits per heavy atom. The minimum Gasteiger partial charge on any atom is -0.493 e. The first-order chi connectivity index (χ1) is 17.2. The lowest BCUT2D eigenvalue weighted by molar-refractivity contribution is -0.139. The SMILES string of the molecule is COc1cc(SCc2ccc(OCc3ccc(C(F)(F)F)cc3)cc2)c2c(c1OCC(=O)O)CCC2. The molecule has 36 heavy (non-hydrogen) atoms. The number of hydrogen-bond acceptors (Lipinski definition) is 5. The van der Waals surface area contributed by atoms with E-state index in [0.717, 1.165) is 47.4 Å². The molecule has 190 valence electrons. The summed E-state index contributed by atoms with van der Waals surface area (Å²) in [5.41, 5.74) is 3.25. The number of carboxylic acid groups (broad SMARTS) is 1. The molecule has 0 heterocycles. The molecule has 4 rings (SSSR count). The predicted molar refractivity (Wildman–Crippen MR) is 130 cm³/mol. The minimum atomic E-state index is -4.35. The largest absolute Gasteiger partial charge is 0.493 e. The normalized spacial score (nSPS) is 12.8. The van der Waals surface area contributed by atoms with Gasteiger partial charge in [-0.3, -0.25) is 0 Å². The smallest absolute Gasteiger partial charge is 0.416 e. The number of aliphatic carboxylic acids is 1. The van der Waals surface area contributed by atoms with E-state index < -0.39 is 24.3 Å². The van der Waals surface area contributed by atoms with Crippen molar-refractivity contribution < 1.29 is 37.3 Å². The van der Waals surface area contributed by atoms with Gasteiger partial charge < -0.3 is 19.3 Å². The fourth-order valence-corrected chi connectivity index (χ4v) is 5.16. The third-order valence-corrected chi connectivity index (χ3v) is 6.99. The molecule has 3 aromatic rings. The van der Waals surface area contributed by atoms with Crippen molar-refractivity contribution in [3.63, 3.8) is 0 Å². The molecular weight excluding hydrogens is 493 g/mol. The second kappa shape index (κ2) is 11.2. The molecule has 1 aliphatic rings. The second-order valence-electron chi connectivity index (χ2n) is 8.32. The lowest BCUT2D eigenvalue weighted by Crippen LogP contribution is -2.11. The Bertz CT molecular complexity index is 1210. The molecule has 1 N–H and O–H groups in total.